The van der Waals surface area contributed by atoms with Gasteiger partial charge < -0.3 is 33.8 Å². The summed E-state index contributed by atoms with van der Waals surface area (Å²) in [6.07, 6.45) is 55.7. The summed E-state index contributed by atoms with van der Waals surface area (Å²) in [5.74, 6) is 0.975. The third kappa shape index (κ3) is 71.5. The summed E-state index contributed by atoms with van der Waals surface area (Å²) in [5.41, 5.74) is 0. The Morgan fingerprint density at radius 1 is 0.283 bits per heavy atom. The van der Waals surface area contributed by atoms with E-state index in [0.717, 1.165) is 114 Å². The van der Waals surface area contributed by atoms with Crippen molar-refractivity contribution in [3.05, 3.63) is 0 Å². The third-order valence-corrected chi connectivity index (χ3v) is 21.2. The van der Waals surface area contributed by atoms with Gasteiger partial charge in [0.15, 0.2) is 12.2 Å². The van der Waals surface area contributed by atoms with Gasteiger partial charge in [-0.25, -0.2) is 9.13 Å². The van der Waals surface area contributed by atoms with E-state index in [2.05, 4.69) is 55.4 Å². The first kappa shape index (κ1) is 97.1. The van der Waals surface area contributed by atoms with Crippen LogP contribution in [0.3, 0.4) is 0 Å². The van der Waals surface area contributed by atoms with Gasteiger partial charge in [-0.3, -0.25) is 37.3 Å². The van der Waals surface area contributed by atoms with Crippen LogP contribution in [-0.2, 0) is 65.4 Å². The SMILES string of the molecule is CCC(C)CCCCCCCCCCCCCCCCC(=O)O[C@H](COC(=O)CCCCCCCCC(C)CC)COP(=O)(O)OC[C@H](O)COP(=O)(O)OC[C@@H](COC(=O)CCCCCCCCCCCCCCCCCCCCC(C)C)OC(=O)CCCCCCCCCC(C)C. The van der Waals surface area contributed by atoms with Crippen molar-refractivity contribution in [3.8, 4) is 0 Å². The highest BCUT2D eigenvalue weighted by atomic mass is 31.2. The molecule has 0 amide bonds. The number of phosphoric acid groups is 2. The Bertz CT molecular complexity index is 1940. The zero-order valence-corrected chi connectivity index (χ0v) is 66.9. The van der Waals surface area contributed by atoms with Crippen molar-refractivity contribution in [2.24, 2.45) is 23.7 Å². The van der Waals surface area contributed by atoms with E-state index in [9.17, 15) is 43.2 Å². The molecule has 0 aliphatic rings. The van der Waals surface area contributed by atoms with Crippen LogP contribution in [0.5, 0.6) is 0 Å². The number of aliphatic hydroxyl groups excluding tert-OH is 1. The lowest BCUT2D eigenvalue weighted by atomic mass is 9.99. The van der Waals surface area contributed by atoms with Crippen LogP contribution >= 0.6 is 15.6 Å². The number of hydrogen-bond acceptors (Lipinski definition) is 15. The summed E-state index contributed by atoms with van der Waals surface area (Å²) in [7, 11) is -9.92. The van der Waals surface area contributed by atoms with Crippen molar-refractivity contribution in [3.63, 3.8) is 0 Å². The molecule has 0 heterocycles. The number of esters is 4. The number of ether oxygens (including phenoxy) is 4. The normalized spacial score (nSPS) is 14.6. The van der Waals surface area contributed by atoms with Gasteiger partial charge in [-0.2, -0.15) is 0 Å². The lowest BCUT2D eigenvalue weighted by Gasteiger charge is -2.21. The molecule has 588 valence electrons. The number of carbonyl (C=O) groups excluding carboxylic acids is 4. The molecule has 0 aromatic heterocycles. The largest absolute Gasteiger partial charge is 0.472 e. The standard InChI is InChI=1S/C80H156O17P2/c1-9-72(7)58-50-42-34-28-24-20-17-18-22-26-30-36-46-54-62-79(84)96-76(67-91-78(83)61-53-45-39-38-43-51-59-73(8)10-2)69-95-99(88,89)93-65-74(81)64-92-98(86,87)94-68-75(97-80(85)63-55-47-37-31-33-41-49-57-71(5)6)66-90-77(82)60-52-44-35-29-25-21-16-14-12-11-13-15-19-23-27-32-40-48-56-70(3)4/h70-76,81H,9-69H2,1-8H3,(H,86,87)(H,88,89)/t72?,73?,74-,75-,76-/m1/s1. The Balaban J connectivity index is 5.14. The fourth-order valence-corrected chi connectivity index (χ4v) is 13.8. The highest BCUT2D eigenvalue weighted by Crippen LogP contribution is 2.45. The van der Waals surface area contributed by atoms with Crippen LogP contribution in [0.1, 0.15) is 409 Å². The lowest BCUT2D eigenvalue weighted by molar-refractivity contribution is -0.161. The zero-order valence-electron chi connectivity index (χ0n) is 65.1. The van der Waals surface area contributed by atoms with Crippen LogP contribution in [0.2, 0.25) is 0 Å². The van der Waals surface area contributed by atoms with Crippen molar-refractivity contribution in [1.29, 1.82) is 0 Å². The maximum absolute atomic E-state index is 13.1. The molecule has 0 aromatic carbocycles. The van der Waals surface area contributed by atoms with Crippen molar-refractivity contribution >= 4 is 39.5 Å². The second kappa shape index (κ2) is 69.1. The Labute approximate surface area is 607 Å². The van der Waals surface area contributed by atoms with Crippen LogP contribution < -0.4 is 0 Å². The highest BCUT2D eigenvalue weighted by Gasteiger charge is 2.30. The molecule has 17 nitrogen and oxygen atoms in total. The topological polar surface area (TPSA) is 237 Å². The minimum absolute atomic E-state index is 0.104. The summed E-state index contributed by atoms with van der Waals surface area (Å²) in [5, 5.41) is 10.6. The number of rotatable bonds is 77. The molecular formula is C80H156O17P2. The minimum Gasteiger partial charge on any atom is -0.462 e. The van der Waals surface area contributed by atoms with E-state index in [4.69, 9.17) is 37.0 Å². The van der Waals surface area contributed by atoms with Gasteiger partial charge in [0.2, 0.25) is 0 Å². The Morgan fingerprint density at radius 2 is 0.485 bits per heavy atom. The number of carbonyl (C=O) groups is 4. The number of aliphatic hydroxyl groups is 1. The van der Waals surface area contributed by atoms with E-state index >= 15 is 0 Å². The van der Waals surface area contributed by atoms with Gasteiger partial charge >= 0.3 is 39.5 Å². The summed E-state index contributed by atoms with van der Waals surface area (Å²) in [6.45, 7) is 14.2. The Kier molecular flexibility index (Phi) is 67.8. The fraction of sp³-hybridized carbons (Fsp3) is 0.950. The van der Waals surface area contributed by atoms with Crippen molar-refractivity contribution in [2.75, 3.05) is 39.6 Å². The number of unbranched alkanes of at least 4 members (excludes halogenated alkanes) is 41. The molecular weight excluding hydrogens is 1290 g/mol. The van der Waals surface area contributed by atoms with E-state index in [1.807, 2.05) is 0 Å². The molecule has 0 aliphatic carbocycles. The highest BCUT2D eigenvalue weighted by molar-refractivity contribution is 7.47. The van der Waals surface area contributed by atoms with Crippen LogP contribution in [-0.4, -0.2) is 96.7 Å². The van der Waals surface area contributed by atoms with Crippen molar-refractivity contribution in [2.45, 2.75) is 427 Å². The predicted octanol–water partition coefficient (Wildman–Crippen LogP) is 23.6. The molecule has 0 rings (SSSR count). The molecule has 0 saturated carbocycles. The van der Waals surface area contributed by atoms with Gasteiger partial charge in [0.05, 0.1) is 26.4 Å². The molecule has 99 heavy (non-hydrogen) atoms. The molecule has 3 N–H and O–H groups in total. The average molecular weight is 1450 g/mol. The summed E-state index contributed by atoms with van der Waals surface area (Å²) >= 11 is 0. The van der Waals surface area contributed by atoms with Gasteiger partial charge in [-0.1, -0.05) is 357 Å². The first-order valence-electron chi connectivity index (χ1n) is 41.3. The summed E-state index contributed by atoms with van der Waals surface area (Å²) < 4.78 is 68.6. The van der Waals surface area contributed by atoms with Crippen LogP contribution in [0.15, 0.2) is 0 Å². The van der Waals surface area contributed by atoms with Gasteiger partial charge in [-0.05, 0) is 49.4 Å². The lowest BCUT2D eigenvalue weighted by Crippen LogP contribution is -2.30. The van der Waals surface area contributed by atoms with E-state index < -0.39 is 97.5 Å². The van der Waals surface area contributed by atoms with E-state index in [-0.39, 0.29) is 25.7 Å². The van der Waals surface area contributed by atoms with Crippen LogP contribution in [0.25, 0.3) is 0 Å². The first-order chi connectivity index (χ1) is 47.7. The molecule has 0 aliphatic heterocycles. The van der Waals surface area contributed by atoms with E-state index in [1.54, 1.807) is 0 Å². The van der Waals surface area contributed by atoms with Gasteiger partial charge in [-0.15, -0.1) is 0 Å². The number of phosphoric ester groups is 2. The molecule has 19 heteroatoms. The number of hydrogen-bond donors (Lipinski definition) is 3. The second-order valence-corrected chi connectivity index (χ2v) is 33.1. The minimum atomic E-state index is -4.96. The smallest absolute Gasteiger partial charge is 0.462 e. The molecule has 0 spiro atoms. The zero-order chi connectivity index (χ0) is 73.1. The van der Waals surface area contributed by atoms with E-state index in [0.29, 0.717) is 31.6 Å². The molecule has 0 fully saturated rings. The second-order valence-electron chi connectivity index (χ2n) is 30.2. The Morgan fingerprint density at radius 3 is 0.717 bits per heavy atom. The molecule has 4 unspecified atom stereocenters. The molecule has 0 aromatic rings. The van der Waals surface area contributed by atoms with Crippen LogP contribution in [0.4, 0.5) is 0 Å². The predicted molar refractivity (Wildman–Crippen MR) is 404 cm³/mol. The summed E-state index contributed by atoms with van der Waals surface area (Å²) in [6, 6.07) is 0. The van der Waals surface area contributed by atoms with Gasteiger partial charge in [0.25, 0.3) is 0 Å². The molecule has 0 bridgehead atoms. The first-order valence-corrected chi connectivity index (χ1v) is 44.3. The summed E-state index contributed by atoms with van der Waals surface area (Å²) in [4.78, 5) is 72.9. The molecule has 0 saturated heterocycles. The maximum atomic E-state index is 13.1. The third-order valence-electron chi connectivity index (χ3n) is 19.3. The van der Waals surface area contributed by atoms with Gasteiger partial charge in [0.1, 0.15) is 19.3 Å². The molecule has 0 radical (unpaired) electrons. The quantitative estimate of drug-likeness (QED) is 0.0222. The average Bonchev–Trinajstić information content (AvgIpc) is 0.976. The van der Waals surface area contributed by atoms with Crippen molar-refractivity contribution in [1.82, 2.24) is 0 Å². The maximum Gasteiger partial charge on any atom is 0.472 e. The molecule has 7 atom stereocenters. The monoisotopic (exact) mass is 1450 g/mol. The van der Waals surface area contributed by atoms with E-state index in [1.165, 1.54) is 205 Å². The fourth-order valence-electron chi connectivity index (χ4n) is 12.2. The van der Waals surface area contributed by atoms with Crippen LogP contribution in [0, 0.1) is 23.7 Å². The van der Waals surface area contributed by atoms with Gasteiger partial charge in [0, 0.05) is 25.7 Å². The Hall–Kier alpha value is -1.94. The van der Waals surface area contributed by atoms with Crippen molar-refractivity contribution < 1.29 is 80.2 Å².